The molecule has 2 aromatic rings. The molecule has 2 saturated heterocycles. The van der Waals surface area contributed by atoms with Gasteiger partial charge in [-0.25, -0.2) is 9.50 Å². The lowest BCUT2D eigenvalue weighted by Crippen LogP contribution is -2.52. The van der Waals surface area contributed by atoms with Crippen LogP contribution >= 0.6 is 0 Å². The number of hydrogen-bond acceptors (Lipinski definition) is 4. The second kappa shape index (κ2) is 4.49. The molecule has 19 heavy (non-hydrogen) atoms. The Bertz CT molecular complexity index is 578. The van der Waals surface area contributed by atoms with Crippen LogP contribution < -0.4 is 10.2 Å². The van der Waals surface area contributed by atoms with E-state index in [2.05, 4.69) is 21.4 Å². The highest BCUT2D eigenvalue weighted by atomic mass is 15.3. The maximum absolute atomic E-state index is 4.70. The summed E-state index contributed by atoms with van der Waals surface area (Å²) in [5, 5.41) is 7.85. The van der Waals surface area contributed by atoms with Gasteiger partial charge in [0.05, 0.1) is 6.20 Å². The van der Waals surface area contributed by atoms with Crippen LogP contribution in [0.4, 0.5) is 5.82 Å². The van der Waals surface area contributed by atoms with Crippen LogP contribution in [-0.2, 0) is 0 Å². The normalized spacial score (nSPS) is 27.5. The van der Waals surface area contributed by atoms with Crippen LogP contribution in [-0.4, -0.2) is 40.3 Å². The summed E-state index contributed by atoms with van der Waals surface area (Å²) in [6.45, 7) is 3.43. The molecule has 2 fully saturated rings. The van der Waals surface area contributed by atoms with Crippen LogP contribution in [0.25, 0.3) is 5.65 Å². The van der Waals surface area contributed by atoms with Gasteiger partial charge in [-0.15, -0.1) is 0 Å². The molecule has 0 saturated carbocycles. The minimum atomic E-state index is 0.726. The van der Waals surface area contributed by atoms with Crippen molar-refractivity contribution < 1.29 is 0 Å². The molecule has 0 spiro atoms. The van der Waals surface area contributed by atoms with Gasteiger partial charge >= 0.3 is 0 Å². The highest BCUT2D eigenvalue weighted by Crippen LogP contribution is 2.27. The molecular formula is C14H19N5. The lowest BCUT2D eigenvalue weighted by molar-refractivity contribution is 0.244. The summed E-state index contributed by atoms with van der Waals surface area (Å²) in [7, 11) is 0. The minimum Gasteiger partial charge on any atom is -0.356 e. The summed E-state index contributed by atoms with van der Waals surface area (Å²) >= 11 is 0. The van der Waals surface area contributed by atoms with Gasteiger partial charge in [-0.1, -0.05) is 0 Å². The number of aromatic nitrogens is 3. The van der Waals surface area contributed by atoms with Crippen LogP contribution in [0, 0.1) is 5.92 Å². The summed E-state index contributed by atoms with van der Waals surface area (Å²) in [5.74, 6) is 1.88. The van der Waals surface area contributed by atoms with Crippen LogP contribution in [0.2, 0.25) is 0 Å². The molecule has 0 amide bonds. The van der Waals surface area contributed by atoms with Crippen molar-refractivity contribution in [3.63, 3.8) is 0 Å². The second-order valence-corrected chi connectivity index (χ2v) is 5.62. The maximum atomic E-state index is 4.70. The van der Waals surface area contributed by atoms with E-state index in [0.717, 1.165) is 36.5 Å². The van der Waals surface area contributed by atoms with Crippen molar-refractivity contribution in [3.05, 3.63) is 24.5 Å². The Balaban J connectivity index is 1.58. The van der Waals surface area contributed by atoms with E-state index in [1.165, 1.54) is 25.8 Å². The Morgan fingerprint density at radius 1 is 1.26 bits per heavy atom. The molecule has 2 aliphatic rings. The second-order valence-electron chi connectivity index (χ2n) is 5.62. The fraction of sp³-hybridized carbons (Fsp3) is 0.571. The Labute approximate surface area is 112 Å². The lowest BCUT2D eigenvalue weighted by Gasteiger charge is -2.42. The fourth-order valence-corrected chi connectivity index (χ4v) is 3.43. The van der Waals surface area contributed by atoms with E-state index >= 15 is 0 Å². The van der Waals surface area contributed by atoms with E-state index in [1.54, 1.807) is 6.20 Å². The van der Waals surface area contributed by atoms with E-state index in [1.807, 2.05) is 16.8 Å². The van der Waals surface area contributed by atoms with Crippen molar-refractivity contribution in [1.29, 1.82) is 0 Å². The van der Waals surface area contributed by atoms with Gasteiger partial charge in [-0.2, -0.15) is 5.10 Å². The van der Waals surface area contributed by atoms with Gasteiger partial charge < -0.3 is 10.2 Å². The first-order chi connectivity index (χ1) is 9.40. The van der Waals surface area contributed by atoms with Gasteiger partial charge in [0.15, 0.2) is 5.65 Å². The van der Waals surface area contributed by atoms with Crippen molar-refractivity contribution >= 4 is 11.5 Å². The van der Waals surface area contributed by atoms with E-state index < -0.39 is 0 Å². The van der Waals surface area contributed by atoms with E-state index in [0.29, 0.717) is 0 Å². The van der Waals surface area contributed by atoms with Gasteiger partial charge in [0.1, 0.15) is 5.82 Å². The Kier molecular flexibility index (Phi) is 2.65. The third-order valence-corrected chi connectivity index (χ3v) is 4.46. The predicted octanol–water partition coefficient (Wildman–Crippen LogP) is 1.31. The molecule has 2 atom stereocenters. The molecule has 4 rings (SSSR count). The lowest BCUT2D eigenvalue weighted by atomic mass is 9.85. The zero-order chi connectivity index (χ0) is 12.7. The monoisotopic (exact) mass is 257 g/mol. The topological polar surface area (TPSA) is 45.5 Å². The number of piperidine rings is 2. The SMILES string of the molecule is c1cc2nc(N3CCC4NCCCC4C3)ccn2n1. The largest absolute Gasteiger partial charge is 0.356 e. The predicted molar refractivity (Wildman–Crippen MR) is 74.3 cm³/mol. The Morgan fingerprint density at radius 2 is 2.26 bits per heavy atom. The molecule has 0 bridgehead atoms. The average Bonchev–Trinajstić information content (AvgIpc) is 2.94. The van der Waals surface area contributed by atoms with Gasteiger partial charge in [0.2, 0.25) is 0 Å². The molecule has 0 radical (unpaired) electrons. The number of nitrogens with one attached hydrogen (secondary N) is 1. The van der Waals surface area contributed by atoms with Gasteiger partial charge in [-0.05, 0) is 37.8 Å². The standard InChI is InChI=1S/C14H19N5/c1-2-11-10-18(8-4-12(11)15-6-1)13-5-9-19-14(17-13)3-7-16-19/h3,5,7,9,11-12,15H,1-2,4,6,8,10H2. The van der Waals surface area contributed by atoms with Crippen molar-refractivity contribution in [2.75, 3.05) is 24.5 Å². The Morgan fingerprint density at radius 3 is 3.26 bits per heavy atom. The summed E-state index contributed by atoms with van der Waals surface area (Å²) in [4.78, 5) is 7.13. The van der Waals surface area contributed by atoms with Crippen molar-refractivity contribution in [2.45, 2.75) is 25.3 Å². The van der Waals surface area contributed by atoms with Crippen molar-refractivity contribution in [3.8, 4) is 0 Å². The molecule has 2 aliphatic heterocycles. The zero-order valence-electron chi connectivity index (χ0n) is 11.0. The maximum Gasteiger partial charge on any atom is 0.157 e. The molecule has 0 aromatic carbocycles. The van der Waals surface area contributed by atoms with Crippen LogP contribution in [0.5, 0.6) is 0 Å². The van der Waals surface area contributed by atoms with E-state index in [-0.39, 0.29) is 0 Å². The molecular weight excluding hydrogens is 238 g/mol. The van der Waals surface area contributed by atoms with Crippen LogP contribution in [0.3, 0.4) is 0 Å². The molecule has 2 unspecified atom stereocenters. The van der Waals surface area contributed by atoms with Gasteiger partial charge in [0, 0.05) is 31.4 Å². The molecule has 4 heterocycles. The quantitative estimate of drug-likeness (QED) is 0.836. The number of anilines is 1. The molecule has 100 valence electrons. The molecule has 0 aliphatic carbocycles. The third kappa shape index (κ3) is 1.98. The van der Waals surface area contributed by atoms with Gasteiger partial charge in [0.25, 0.3) is 0 Å². The Hall–Kier alpha value is -1.62. The summed E-state index contributed by atoms with van der Waals surface area (Å²) in [5.41, 5.74) is 0.932. The highest BCUT2D eigenvalue weighted by Gasteiger charge is 2.31. The molecule has 5 nitrogen and oxygen atoms in total. The highest BCUT2D eigenvalue weighted by molar-refractivity contribution is 5.47. The molecule has 1 N–H and O–H groups in total. The molecule has 2 aromatic heterocycles. The summed E-state index contributed by atoms with van der Waals surface area (Å²) in [6.07, 6.45) is 7.69. The number of rotatable bonds is 1. The number of fused-ring (bicyclic) bond motifs is 2. The van der Waals surface area contributed by atoms with Gasteiger partial charge in [-0.3, -0.25) is 0 Å². The van der Waals surface area contributed by atoms with E-state index in [9.17, 15) is 0 Å². The van der Waals surface area contributed by atoms with Crippen LogP contribution in [0.15, 0.2) is 24.5 Å². The first-order valence-corrected chi connectivity index (χ1v) is 7.19. The van der Waals surface area contributed by atoms with Crippen molar-refractivity contribution in [1.82, 2.24) is 19.9 Å². The van der Waals surface area contributed by atoms with E-state index in [4.69, 9.17) is 4.98 Å². The number of nitrogens with zero attached hydrogens (tertiary/aromatic N) is 4. The average molecular weight is 257 g/mol. The first kappa shape index (κ1) is 11.2. The smallest absolute Gasteiger partial charge is 0.157 e. The fourth-order valence-electron chi connectivity index (χ4n) is 3.43. The number of hydrogen-bond donors (Lipinski definition) is 1. The zero-order valence-corrected chi connectivity index (χ0v) is 11.0. The summed E-state index contributed by atoms with van der Waals surface area (Å²) in [6, 6.07) is 4.76. The third-order valence-electron chi connectivity index (χ3n) is 4.46. The van der Waals surface area contributed by atoms with Crippen LogP contribution in [0.1, 0.15) is 19.3 Å². The summed E-state index contributed by atoms with van der Waals surface area (Å²) < 4.78 is 1.82. The van der Waals surface area contributed by atoms with Crippen molar-refractivity contribution in [2.24, 2.45) is 5.92 Å². The first-order valence-electron chi connectivity index (χ1n) is 7.19. The minimum absolute atomic E-state index is 0.726. The molecule has 5 heteroatoms.